The third-order valence-electron chi connectivity index (χ3n) is 4.02. The molecule has 0 amide bonds. The molecule has 8 heteroatoms. The van der Waals surface area contributed by atoms with E-state index in [-0.39, 0.29) is 0 Å². The minimum Gasteiger partial charge on any atom is -0.399 e. The van der Waals surface area contributed by atoms with Gasteiger partial charge in [0.05, 0.1) is 10.4 Å². The Hall–Kier alpha value is -1.48. The minimum absolute atomic E-state index is 0.308. The fourth-order valence-electron chi connectivity index (χ4n) is 2.66. The van der Waals surface area contributed by atoms with E-state index in [4.69, 9.17) is 5.73 Å². The van der Waals surface area contributed by atoms with E-state index in [1.165, 1.54) is 4.88 Å². The van der Waals surface area contributed by atoms with E-state index in [0.29, 0.717) is 29.7 Å². The van der Waals surface area contributed by atoms with Crippen molar-refractivity contribution in [3.63, 3.8) is 0 Å². The largest absolute Gasteiger partial charge is 0.399 e. The van der Waals surface area contributed by atoms with E-state index in [2.05, 4.69) is 10.3 Å². The predicted octanol–water partition coefficient (Wildman–Crippen LogP) is 1.67. The molecule has 1 aromatic heterocycles. The van der Waals surface area contributed by atoms with Gasteiger partial charge in [-0.15, -0.1) is 11.3 Å². The molecule has 1 aliphatic rings. The fourth-order valence-corrected chi connectivity index (χ4v) is 4.68. The van der Waals surface area contributed by atoms with E-state index in [9.17, 15) is 8.42 Å². The number of hydrogen-bond donors (Lipinski definition) is 2. The Labute approximate surface area is 140 Å². The van der Waals surface area contributed by atoms with Crippen molar-refractivity contribution in [2.24, 2.45) is 0 Å². The van der Waals surface area contributed by atoms with E-state index < -0.39 is 10.0 Å². The van der Waals surface area contributed by atoms with Crippen molar-refractivity contribution in [3.8, 4) is 0 Å². The van der Waals surface area contributed by atoms with Gasteiger partial charge in [0.25, 0.3) is 0 Å². The highest BCUT2D eigenvalue weighted by atomic mass is 32.2. The van der Waals surface area contributed by atoms with Crippen LogP contribution in [0.15, 0.2) is 40.9 Å². The Morgan fingerprint density at radius 1 is 1.26 bits per heavy atom. The van der Waals surface area contributed by atoms with E-state index in [1.807, 2.05) is 11.7 Å². The van der Waals surface area contributed by atoms with Gasteiger partial charge in [0, 0.05) is 42.4 Å². The third-order valence-corrected chi connectivity index (χ3v) is 6.71. The van der Waals surface area contributed by atoms with E-state index in [0.717, 1.165) is 19.4 Å². The number of nitrogens with two attached hydrogens (primary N) is 1. The van der Waals surface area contributed by atoms with Crippen LogP contribution in [0.2, 0.25) is 0 Å². The minimum atomic E-state index is -3.42. The SMILES string of the molecule is Nc1ccc(S(=O)(=O)N2CCC(NCc3cncs3)CC2)cc1. The molecule has 0 unspecified atom stereocenters. The van der Waals surface area contributed by atoms with Gasteiger partial charge in [-0.1, -0.05) is 0 Å². The molecule has 0 aliphatic carbocycles. The zero-order chi connectivity index (χ0) is 16.3. The van der Waals surface area contributed by atoms with Crippen molar-refractivity contribution in [1.29, 1.82) is 0 Å². The van der Waals surface area contributed by atoms with Crippen molar-refractivity contribution in [3.05, 3.63) is 40.8 Å². The third kappa shape index (κ3) is 3.89. The quantitative estimate of drug-likeness (QED) is 0.799. The number of rotatable bonds is 5. The molecule has 3 rings (SSSR count). The summed E-state index contributed by atoms with van der Waals surface area (Å²) < 4.78 is 26.8. The number of nitrogens with one attached hydrogen (secondary N) is 1. The van der Waals surface area contributed by atoms with Crippen LogP contribution in [0.5, 0.6) is 0 Å². The number of benzene rings is 1. The summed E-state index contributed by atoms with van der Waals surface area (Å²) >= 11 is 1.62. The van der Waals surface area contributed by atoms with Gasteiger partial charge < -0.3 is 11.1 Å². The standard InChI is InChI=1S/C15H20N4O2S2/c16-12-1-3-15(4-2-12)23(20,21)19-7-5-13(6-8-19)18-10-14-9-17-11-22-14/h1-4,9,11,13,18H,5-8,10,16H2. The molecule has 124 valence electrons. The van der Waals surface area contributed by atoms with Crippen LogP contribution in [0, 0.1) is 0 Å². The molecule has 2 aromatic rings. The molecule has 0 bridgehead atoms. The number of aromatic nitrogens is 1. The second kappa shape index (κ2) is 6.96. The van der Waals surface area contributed by atoms with Gasteiger partial charge in [0.15, 0.2) is 0 Å². The lowest BCUT2D eigenvalue weighted by Crippen LogP contribution is -2.44. The molecule has 0 saturated carbocycles. The van der Waals surface area contributed by atoms with E-state index in [1.54, 1.807) is 39.9 Å². The van der Waals surface area contributed by atoms with E-state index >= 15 is 0 Å². The van der Waals surface area contributed by atoms with Gasteiger partial charge in [0.2, 0.25) is 10.0 Å². The lowest BCUT2D eigenvalue weighted by atomic mass is 10.1. The summed E-state index contributed by atoms with van der Waals surface area (Å²) in [6.07, 6.45) is 3.48. The highest BCUT2D eigenvalue weighted by Gasteiger charge is 2.29. The van der Waals surface area contributed by atoms with Crippen LogP contribution in [0.1, 0.15) is 17.7 Å². The second-order valence-corrected chi connectivity index (χ2v) is 8.50. The van der Waals surface area contributed by atoms with Gasteiger partial charge in [-0.3, -0.25) is 4.98 Å². The van der Waals surface area contributed by atoms with Crippen LogP contribution in [-0.2, 0) is 16.6 Å². The first kappa shape index (κ1) is 16.4. The molecular formula is C15H20N4O2S2. The molecule has 1 saturated heterocycles. The number of nitrogens with zero attached hydrogens (tertiary/aromatic N) is 2. The topological polar surface area (TPSA) is 88.3 Å². The maximum absolute atomic E-state index is 12.6. The fraction of sp³-hybridized carbons (Fsp3) is 0.400. The number of anilines is 1. The average Bonchev–Trinajstić information content (AvgIpc) is 3.07. The van der Waals surface area contributed by atoms with Crippen molar-refractivity contribution >= 4 is 27.0 Å². The normalized spacial score (nSPS) is 17.4. The summed E-state index contributed by atoms with van der Waals surface area (Å²) in [6.45, 7) is 1.86. The smallest absolute Gasteiger partial charge is 0.243 e. The number of sulfonamides is 1. The Kier molecular flexibility index (Phi) is 4.96. The molecule has 0 atom stereocenters. The average molecular weight is 352 g/mol. The molecule has 0 spiro atoms. The first-order valence-electron chi connectivity index (χ1n) is 7.52. The molecule has 23 heavy (non-hydrogen) atoms. The Morgan fingerprint density at radius 3 is 2.57 bits per heavy atom. The summed E-state index contributed by atoms with van der Waals surface area (Å²) in [5.41, 5.74) is 8.00. The summed E-state index contributed by atoms with van der Waals surface area (Å²) in [5, 5.41) is 3.48. The zero-order valence-electron chi connectivity index (χ0n) is 12.7. The summed E-state index contributed by atoms with van der Waals surface area (Å²) in [7, 11) is -3.42. The van der Waals surface area contributed by atoms with Crippen LogP contribution in [0.4, 0.5) is 5.69 Å². The molecule has 1 fully saturated rings. The molecule has 3 N–H and O–H groups in total. The van der Waals surface area contributed by atoms with Crippen LogP contribution < -0.4 is 11.1 Å². The Morgan fingerprint density at radius 2 is 1.96 bits per heavy atom. The van der Waals surface area contributed by atoms with Crippen LogP contribution >= 0.6 is 11.3 Å². The molecular weight excluding hydrogens is 332 g/mol. The number of nitrogen functional groups attached to an aromatic ring is 1. The predicted molar refractivity (Wildman–Crippen MR) is 91.6 cm³/mol. The summed E-state index contributed by atoms with van der Waals surface area (Å²) in [5.74, 6) is 0. The number of hydrogen-bond acceptors (Lipinski definition) is 6. The Balaban J connectivity index is 1.56. The van der Waals surface area contributed by atoms with Crippen molar-refractivity contribution in [1.82, 2.24) is 14.6 Å². The summed E-state index contributed by atoms with van der Waals surface area (Å²) in [6, 6.07) is 6.72. The Bertz CT molecular complexity index is 721. The maximum atomic E-state index is 12.6. The lowest BCUT2D eigenvalue weighted by molar-refractivity contribution is 0.289. The van der Waals surface area contributed by atoms with Gasteiger partial charge in [-0.2, -0.15) is 4.31 Å². The molecule has 2 heterocycles. The van der Waals surface area contributed by atoms with Crippen molar-refractivity contribution < 1.29 is 8.42 Å². The molecule has 6 nitrogen and oxygen atoms in total. The monoisotopic (exact) mass is 352 g/mol. The van der Waals surface area contributed by atoms with Gasteiger partial charge in [-0.25, -0.2) is 8.42 Å². The van der Waals surface area contributed by atoms with Gasteiger partial charge in [0.1, 0.15) is 0 Å². The number of piperidine rings is 1. The molecule has 1 aromatic carbocycles. The number of thiazole rings is 1. The lowest BCUT2D eigenvalue weighted by Gasteiger charge is -2.31. The van der Waals surface area contributed by atoms with Crippen molar-refractivity contribution in [2.45, 2.75) is 30.3 Å². The van der Waals surface area contributed by atoms with Gasteiger partial charge >= 0.3 is 0 Å². The van der Waals surface area contributed by atoms with Crippen molar-refractivity contribution in [2.75, 3.05) is 18.8 Å². The zero-order valence-corrected chi connectivity index (χ0v) is 14.3. The maximum Gasteiger partial charge on any atom is 0.243 e. The highest BCUT2D eigenvalue weighted by molar-refractivity contribution is 7.89. The second-order valence-electron chi connectivity index (χ2n) is 5.60. The summed E-state index contributed by atoms with van der Waals surface area (Å²) in [4.78, 5) is 5.56. The first-order valence-corrected chi connectivity index (χ1v) is 9.84. The molecule has 1 aliphatic heterocycles. The van der Waals surface area contributed by atoms with Crippen LogP contribution in [0.25, 0.3) is 0 Å². The van der Waals surface area contributed by atoms with Crippen LogP contribution in [0.3, 0.4) is 0 Å². The molecule has 0 radical (unpaired) electrons. The van der Waals surface area contributed by atoms with Crippen LogP contribution in [-0.4, -0.2) is 36.8 Å². The first-order chi connectivity index (χ1) is 11.1. The highest BCUT2D eigenvalue weighted by Crippen LogP contribution is 2.22. The van der Waals surface area contributed by atoms with Gasteiger partial charge in [-0.05, 0) is 37.1 Å².